The van der Waals surface area contributed by atoms with Crippen molar-refractivity contribution in [1.82, 2.24) is 15.1 Å². The lowest BCUT2D eigenvalue weighted by Gasteiger charge is -2.35. The van der Waals surface area contributed by atoms with Gasteiger partial charge in [0, 0.05) is 37.7 Å². The van der Waals surface area contributed by atoms with E-state index in [1.54, 1.807) is 0 Å². The number of piperazine rings is 1. The maximum Gasteiger partial charge on any atom is 0.317 e. The number of nitrogens with zero attached hydrogens (tertiary/aromatic N) is 2. The van der Waals surface area contributed by atoms with Crippen molar-refractivity contribution in [1.29, 1.82) is 0 Å². The van der Waals surface area contributed by atoms with Crippen LogP contribution in [0.25, 0.3) is 0 Å². The van der Waals surface area contributed by atoms with Gasteiger partial charge in [-0.3, -0.25) is 4.90 Å². The molecule has 1 unspecified atom stereocenters. The molecule has 0 saturated carbocycles. The second kappa shape index (κ2) is 9.06. The van der Waals surface area contributed by atoms with Gasteiger partial charge in [-0.25, -0.2) is 4.79 Å². The molecule has 0 aromatic heterocycles. The molecule has 138 valence electrons. The number of benzene rings is 2. The van der Waals surface area contributed by atoms with E-state index in [0.29, 0.717) is 5.02 Å². The number of urea groups is 1. The van der Waals surface area contributed by atoms with Gasteiger partial charge in [0.05, 0.1) is 6.04 Å². The summed E-state index contributed by atoms with van der Waals surface area (Å²) in [4.78, 5) is 16.8. The number of halogens is 1. The van der Waals surface area contributed by atoms with E-state index in [1.165, 1.54) is 5.56 Å². The maximum atomic E-state index is 12.5. The summed E-state index contributed by atoms with van der Waals surface area (Å²) in [5, 5.41) is 3.79. The van der Waals surface area contributed by atoms with Crippen molar-refractivity contribution in [3.05, 3.63) is 70.7 Å². The Morgan fingerprint density at radius 2 is 1.69 bits per heavy atom. The minimum absolute atomic E-state index is 0.00941. The van der Waals surface area contributed by atoms with E-state index in [2.05, 4.69) is 34.5 Å². The number of carbonyl (C=O) groups is 1. The summed E-state index contributed by atoms with van der Waals surface area (Å²) in [7, 11) is 0. The molecule has 0 aliphatic carbocycles. The molecule has 1 fully saturated rings. The molecule has 1 heterocycles. The second-order valence-corrected chi connectivity index (χ2v) is 7.22. The summed E-state index contributed by atoms with van der Waals surface area (Å²) in [6.45, 7) is 6.44. The van der Waals surface area contributed by atoms with Gasteiger partial charge in [-0.05, 0) is 36.6 Å². The molecule has 1 aliphatic rings. The molecule has 0 spiro atoms. The van der Waals surface area contributed by atoms with Crippen LogP contribution in [0, 0.1) is 0 Å². The first kappa shape index (κ1) is 18.7. The molecule has 0 bridgehead atoms. The van der Waals surface area contributed by atoms with Crippen LogP contribution in [0.1, 0.15) is 24.1 Å². The highest BCUT2D eigenvalue weighted by Crippen LogP contribution is 2.16. The van der Waals surface area contributed by atoms with Crippen LogP contribution in [-0.4, -0.2) is 48.6 Å². The topological polar surface area (TPSA) is 35.6 Å². The van der Waals surface area contributed by atoms with E-state index < -0.39 is 0 Å². The molecule has 3 rings (SSSR count). The van der Waals surface area contributed by atoms with Gasteiger partial charge in [-0.1, -0.05) is 54.1 Å². The van der Waals surface area contributed by atoms with Crippen LogP contribution < -0.4 is 5.32 Å². The van der Waals surface area contributed by atoms with Crippen LogP contribution in [0.5, 0.6) is 0 Å². The molecule has 2 aromatic carbocycles. The Balaban J connectivity index is 1.42. The Bertz CT molecular complexity index is 697. The zero-order valence-corrected chi connectivity index (χ0v) is 16.0. The third-order valence-electron chi connectivity index (χ3n) is 4.93. The first-order chi connectivity index (χ1) is 12.6. The van der Waals surface area contributed by atoms with Gasteiger partial charge in [-0.15, -0.1) is 0 Å². The van der Waals surface area contributed by atoms with Crippen LogP contribution in [0.3, 0.4) is 0 Å². The molecule has 2 aromatic rings. The number of nitrogens with one attached hydrogen (secondary N) is 1. The van der Waals surface area contributed by atoms with Crippen molar-refractivity contribution in [2.45, 2.75) is 19.4 Å². The van der Waals surface area contributed by atoms with Gasteiger partial charge in [0.2, 0.25) is 0 Å². The fourth-order valence-corrected chi connectivity index (χ4v) is 3.34. The lowest BCUT2D eigenvalue weighted by molar-refractivity contribution is 0.138. The van der Waals surface area contributed by atoms with Crippen LogP contribution in [-0.2, 0) is 6.42 Å². The van der Waals surface area contributed by atoms with Gasteiger partial charge in [0.25, 0.3) is 0 Å². The smallest absolute Gasteiger partial charge is 0.317 e. The number of hydrogen-bond donors (Lipinski definition) is 1. The zero-order chi connectivity index (χ0) is 18.4. The predicted molar refractivity (Wildman–Crippen MR) is 107 cm³/mol. The monoisotopic (exact) mass is 371 g/mol. The lowest BCUT2D eigenvalue weighted by Crippen LogP contribution is -2.52. The third kappa shape index (κ3) is 5.23. The molecule has 0 radical (unpaired) electrons. The SMILES string of the molecule is CC(NC(=O)N1CCN(CCc2ccccc2)CC1)c1ccc(Cl)cc1. The molecule has 1 N–H and O–H groups in total. The molecule has 1 atom stereocenters. The quantitative estimate of drug-likeness (QED) is 0.863. The second-order valence-electron chi connectivity index (χ2n) is 6.79. The van der Waals surface area contributed by atoms with Crippen molar-refractivity contribution < 1.29 is 4.79 Å². The molecular weight excluding hydrogens is 346 g/mol. The van der Waals surface area contributed by atoms with Gasteiger partial charge in [0.15, 0.2) is 0 Å². The minimum atomic E-state index is -0.0316. The van der Waals surface area contributed by atoms with Crippen LogP contribution in [0.15, 0.2) is 54.6 Å². The molecule has 1 aliphatic heterocycles. The summed E-state index contributed by atoms with van der Waals surface area (Å²) in [5.41, 5.74) is 2.42. The fraction of sp³-hybridized carbons (Fsp3) is 0.381. The first-order valence-corrected chi connectivity index (χ1v) is 9.57. The summed E-state index contributed by atoms with van der Waals surface area (Å²) in [6, 6.07) is 18.1. The van der Waals surface area contributed by atoms with Gasteiger partial charge >= 0.3 is 6.03 Å². The average Bonchev–Trinajstić information content (AvgIpc) is 2.68. The number of hydrogen-bond acceptors (Lipinski definition) is 2. The summed E-state index contributed by atoms with van der Waals surface area (Å²) < 4.78 is 0. The van der Waals surface area contributed by atoms with E-state index >= 15 is 0 Å². The maximum absolute atomic E-state index is 12.5. The van der Waals surface area contributed by atoms with Crippen molar-refractivity contribution >= 4 is 17.6 Å². The van der Waals surface area contributed by atoms with E-state index in [4.69, 9.17) is 11.6 Å². The fourth-order valence-electron chi connectivity index (χ4n) is 3.22. The minimum Gasteiger partial charge on any atom is -0.331 e. The Labute approximate surface area is 160 Å². The summed E-state index contributed by atoms with van der Waals surface area (Å²) >= 11 is 5.92. The van der Waals surface area contributed by atoms with Crippen LogP contribution >= 0.6 is 11.6 Å². The molecular formula is C21H26ClN3O. The standard InChI is InChI=1S/C21H26ClN3O/c1-17(19-7-9-20(22)10-8-19)23-21(26)25-15-13-24(14-16-25)12-11-18-5-3-2-4-6-18/h2-10,17H,11-16H2,1H3,(H,23,26). The number of carbonyl (C=O) groups excluding carboxylic acids is 1. The molecule has 4 nitrogen and oxygen atoms in total. The Hall–Kier alpha value is -2.04. The van der Waals surface area contributed by atoms with Gasteiger partial charge in [0.1, 0.15) is 0 Å². The molecule has 2 amide bonds. The van der Waals surface area contributed by atoms with Crippen LogP contribution in [0.4, 0.5) is 4.79 Å². The Morgan fingerprint density at radius 1 is 1.04 bits per heavy atom. The summed E-state index contributed by atoms with van der Waals surface area (Å²) in [6.07, 6.45) is 1.06. The largest absolute Gasteiger partial charge is 0.331 e. The molecule has 1 saturated heterocycles. The van der Waals surface area contributed by atoms with Gasteiger partial charge < -0.3 is 10.2 Å². The lowest BCUT2D eigenvalue weighted by atomic mass is 10.1. The van der Waals surface area contributed by atoms with E-state index in [-0.39, 0.29) is 12.1 Å². The van der Waals surface area contributed by atoms with Crippen LogP contribution in [0.2, 0.25) is 5.02 Å². The molecule has 26 heavy (non-hydrogen) atoms. The van der Waals surface area contributed by atoms with Gasteiger partial charge in [-0.2, -0.15) is 0 Å². The van der Waals surface area contributed by atoms with Crippen molar-refractivity contribution in [2.24, 2.45) is 0 Å². The zero-order valence-electron chi connectivity index (χ0n) is 15.2. The Morgan fingerprint density at radius 3 is 2.35 bits per heavy atom. The Kier molecular flexibility index (Phi) is 6.53. The third-order valence-corrected chi connectivity index (χ3v) is 5.18. The van der Waals surface area contributed by atoms with E-state index in [9.17, 15) is 4.79 Å². The average molecular weight is 372 g/mol. The highest BCUT2D eigenvalue weighted by molar-refractivity contribution is 6.30. The number of rotatable bonds is 5. The predicted octanol–water partition coefficient (Wildman–Crippen LogP) is 3.97. The normalized spacial score (nSPS) is 16.3. The van der Waals surface area contributed by atoms with E-state index in [0.717, 1.165) is 44.7 Å². The van der Waals surface area contributed by atoms with Crippen molar-refractivity contribution in [3.63, 3.8) is 0 Å². The highest BCUT2D eigenvalue weighted by atomic mass is 35.5. The summed E-state index contributed by atoms with van der Waals surface area (Å²) in [5.74, 6) is 0. The highest BCUT2D eigenvalue weighted by Gasteiger charge is 2.22. The van der Waals surface area contributed by atoms with Crippen molar-refractivity contribution in [2.75, 3.05) is 32.7 Å². The first-order valence-electron chi connectivity index (χ1n) is 9.19. The van der Waals surface area contributed by atoms with E-state index in [1.807, 2.05) is 42.2 Å². The molecule has 5 heteroatoms. The number of amides is 2. The van der Waals surface area contributed by atoms with Crippen molar-refractivity contribution in [3.8, 4) is 0 Å².